The molecule has 0 saturated carbocycles. The molecule has 2 aromatic carbocycles. The third kappa shape index (κ3) is 4.59. The number of amides is 1. The zero-order chi connectivity index (χ0) is 20.3. The summed E-state index contributed by atoms with van der Waals surface area (Å²) in [6, 6.07) is 9.77. The Balaban J connectivity index is 1.72. The summed E-state index contributed by atoms with van der Waals surface area (Å²) in [5.74, 6) is 0.115. The molecule has 2 aromatic rings. The number of rotatable bonds is 6. The van der Waals surface area contributed by atoms with Crippen LogP contribution in [0.2, 0.25) is 0 Å². The standard InChI is InChI=1S/C19H18F3N3O3/c20-19(21,22)15-6-7-16(17(10-15)25(27)28)23-11-13-3-1-4-14(9-13)12-24-8-2-5-18(24)26/h1,3-4,6-7,9-10,23H,2,5,8,11-12H2. The monoisotopic (exact) mass is 393 g/mol. The molecule has 0 unspecified atom stereocenters. The van der Waals surface area contributed by atoms with Gasteiger partial charge in [0.05, 0.1) is 10.5 Å². The van der Waals surface area contributed by atoms with Gasteiger partial charge < -0.3 is 10.2 Å². The van der Waals surface area contributed by atoms with Crippen LogP contribution in [0.1, 0.15) is 29.5 Å². The smallest absolute Gasteiger partial charge is 0.375 e. The summed E-state index contributed by atoms with van der Waals surface area (Å²) in [5, 5.41) is 14.0. The number of benzene rings is 2. The molecule has 0 aliphatic carbocycles. The molecule has 6 nitrogen and oxygen atoms in total. The van der Waals surface area contributed by atoms with Crippen molar-refractivity contribution in [2.24, 2.45) is 0 Å². The van der Waals surface area contributed by atoms with Crippen LogP contribution in [0.3, 0.4) is 0 Å². The Kier molecular flexibility index (Phi) is 5.53. The molecule has 28 heavy (non-hydrogen) atoms. The molecule has 0 radical (unpaired) electrons. The number of hydrogen-bond acceptors (Lipinski definition) is 4. The van der Waals surface area contributed by atoms with Crippen LogP contribution in [-0.2, 0) is 24.1 Å². The lowest BCUT2D eigenvalue weighted by atomic mass is 10.1. The second kappa shape index (κ2) is 7.87. The fraction of sp³-hybridized carbons (Fsp3) is 0.316. The van der Waals surface area contributed by atoms with Crippen molar-refractivity contribution >= 4 is 17.3 Å². The number of nitro groups is 1. The normalized spacial score (nSPS) is 14.4. The first-order valence-electron chi connectivity index (χ1n) is 8.69. The second-order valence-corrected chi connectivity index (χ2v) is 6.58. The summed E-state index contributed by atoms with van der Waals surface area (Å²) >= 11 is 0. The highest BCUT2D eigenvalue weighted by Crippen LogP contribution is 2.35. The van der Waals surface area contributed by atoms with E-state index in [-0.39, 0.29) is 18.1 Å². The minimum atomic E-state index is -4.65. The largest absolute Gasteiger partial charge is 0.416 e. The van der Waals surface area contributed by atoms with Gasteiger partial charge in [0.25, 0.3) is 5.69 Å². The number of nitro benzene ring substituents is 1. The van der Waals surface area contributed by atoms with E-state index in [1.165, 1.54) is 0 Å². The van der Waals surface area contributed by atoms with Gasteiger partial charge in [-0.15, -0.1) is 0 Å². The number of carbonyl (C=O) groups is 1. The zero-order valence-electron chi connectivity index (χ0n) is 14.8. The van der Waals surface area contributed by atoms with Crippen LogP contribution in [0.15, 0.2) is 42.5 Å². The van der Waals surface area contributed by atoms with Crippen LogP contribution >= 0.6 is 0 Å². The summed E-state index contributed by atoms with van der Waals surface area (Å²) < 4.78 is 38.3. The summed E-state index contributed by atoms with van der Waals surface area (Å²) in [6.07, 6.45) is -3.25. The molecule has 9 heteroatoms. The van der Waals surface area contributed by atoms with E-state index in [1.54, 1.807) is 11.0 Å². The van der Waals surface area contributed by atoms with Gasteiger partial charge in [-0.3, -0.25) is 14.9 Å². The number of carbonyl (C=O) groups excluding carboxylic acids is 1. The first-order valence-corrected chi connectivity index (χ1v) is 8.69. The molecule has 0 atom stereocenters. The number of anilines is 1. The Morgan fingerprint density at radius 1 is 1.14 bits per heavy atom. The molecule has 148 valence electrons. The summed E-state index contributed by atoms with van der Waals surface area (Å²) in [6.45, 7) is 1.42. The Bertz CT molecular complexity index is 899. The Hall–Kier alpha value is -3.10. The van der Waals surface area contributed by atoms with Crippen molar-refractivity contribution in [3.05, 3.63) is 69.3 Å². The summed E-state index contributed by atoms with van der Waals surface area (Å²) in [7, 11) is 0. The van der Waals surface area contributed by atoms with Crippen molar-refractivity contribution in [3.8, 4) is 0 Å². The van der Waals surface area contributed by atoms with E-state index in [0.29, 0.717) is 19.0 Å². The maximum absolute atomic E-state index is 12.8. The molecule has 1 aliphatic rings. The van der Waals surface area contributed by atoms with E-state index in [4.69, 9.17) is 0 Å². The molecule has 1 saturated heterocycles. The predicted octanol–water partition coefficient (Wildman–Crippen LogP) is 4.35. The van der Waals surface area contributed by atoms with Gasteiger partial charge in [-0.05, 0) is 29.7 Å². The molecular formula is C19H18F3N3O3. The van der Waals surface area contributed by atoms with Gasteiger partial charge in [-0.2, -0.15) is 13.2 Å². The zero-order valence-corrected chi connectivity index (χ0v) is 14.8. The lowest BCUT2D eigenvalue weighted by Crippen LogP contribution is -2.23. The lowest BCUT2D eigenvalue weighted by molar-refractivity contribution is -0.384. The van der Waals surface area contributed by atoms with Crippen molar-refractivity contribution in [1.29, 1.82) is 0 Å². The molecule has 0 spiro atoms. The fourth-order valence-corrected chi connectivity index (χ4v) is 3.14. The number of nitrogens with one attached hydrogen (secondary N) is 1. The minimum absolute atomic E-state index is 0.0122. The molecule has 3 rings (SSSR count). The van der Waals surface area contributed by atoms with Crippen LogP contribution in [0.5, 0.6) is 0 Å². The van der Waals surface area contributed by atoms with Crippen molar-refractivity contribution in [1.82, 2.24) is 4.90 Å². The molecule has 1 N–H and O–H groups in total. The van der Waals surface area contributed by atoms with Gasteiger partial charge in [0.1, 0.15) is 5.69 Å². The van der Waals surface area contributed by atoms with Gasteiger partial charge in [-0.25, -0.2) is 0 Å². The topological polar surface area (TPSA) is 75.5 Å². The third-order valence-corrected chi connectivity index (χ3v) is 4.54. The van der Waals surface area contributed by atoms with Crippen molar-refractivity contribution < 1.29 is 22.9 Å². The molecule has 1 fully saturated rings. The van der Waals surface area contributed by atoms with Crippen LogP contribution in [0, 0.1) is 10.1 Å². The van der Waals surface area contributed by atoms with Gasteiger partial charge in [0.15, 0.2) is 0 Å². The maximum Gasteiger partial charge on any atom is 0.416 e. The summed E-state index contributed by atoms with van der Waals surface area (Å²) in [5.41, 5.74) is 0.0450. The molecular weight excluding hydrogens is 375 g/mol. The van der Waals surface area contributed by atoms with Crippen molar-refractivity contribution in [3.63, 3.8) is 0 Å². The van der Waals surface area contributed by atoms with Crippen LogP contribution in [-0.4, -0.2) is 22.3 Å². The molecule has 0 aromatic heterocycles. The van der Waals surface area contributed by atoms with Gasteiger partial charge in [0, 0.05) is 32.1 Å². The van der Waals surface area contributed by atoms with E-state index in [1.807, 2.05) is 18.2 Å². The number of halogens is 3. The Morgan fingerprint density at radius 2 is 1.89 bits per heavy atom. The SMILES string of the molecule is O=C1CCCN1Cc1cccc(CNc2ccc(C(F)(F)F)cc2[N+](=O)[O-])c1. The van der Waals surface area contributed by atoms with Gasteiger partial charge in [0.2, 0.25) is 5.91 Å². The first-order chi connectivity index (χ1) is 13.2. The number of likely N-dealkylation sites (tertiary alicyclic amines) is 1. The van der Waals surface area contributed by atoms with E-state index in [0.717, 1.165) is 36.2 Å². The van der Waals surface area contributed by atoms with Crippen LogP contribution in [0.25, 0.3) is 0 Å². The van der Waals surface area contributed by atoms with Crippen LogP contribution in [0.4, 0.5) is 24.5 Å². The van der Waals surface area contributed by atoms with Crippen LogP contribution < -0.4 is 5.32 Å². The minimum Gasteiger partial charge on any atom is -0.375 e. The highest BCUT2D eigenvalue weighted by Gasteiger charge is 2.33. The van der Waals surface area contributed by atoms with E-state index in [2.05, 4.69) is 5.32 Å². The number of hydrogen-bond donors (Lipinski definition) is 1. The number of nitrogens with zero attached hydrogens (tertiary/aromatic N) is 2. The lowest BCUT2D eigenvalue weighted by Gasteiger charge is -2.16. The fourth-order valence-electron chi connectivity index (χ4n) is 3.14. The predicted molar refractivity (Wildman–Crippen MR) is 96.5 cm³/mol. The molecule has 1 heterocycles. The molecule has 0 bridgehead atoms. The molecule has 1 amide bonds. The van der Waals surface area contributed by atoms with E-state index < -0.39 is 22.4 Å². The first kappa shape index (κ1) is 19.7. The van der Waals surface area contributed by atoms with Gasteiger partial charge in [-0.1, -0.05) is 24.3 Å². The average molecular weight is 393 g/mol. The highest BCUT2D eigenvalue weighted by molar-refractivity contribution is 5.78. The van der Waals surface area contributed by atoms with E-state index in [9.17, 15) is 28.1 Å². The highest BCUT2D eigenvalue weighted by atomic mass is 19.4. The maximum atomic E-state index is 12.8. The second-order valence-electron chi connectivity index (χ2n) is 6.58. The quantitative estimate of drug-likeness (QED) is 0.585. The Labute approximate surface area is 159 Å². The van der Waals surface area contributed by atoms with Gasteiger partial charge >= 0.3 is 6.18 Å². The number of alkyl halides is 3. The third-order valence-electron chi connectivity index (χ3n) is 4.54. The Morgan fingerprint density at radius 3 is 2.54 bits per heavy atom. The summed E-state index contributed by atoms with van der Waals surface area (Å²) in [4.78, 5) is 23.8. The van der Waals surface area contributed by atoms with Crippen molar-refractivity contribution in [2.45, 2.75) is 32.1 Å². The van der Waals surface area contributed by atoms with Crippen molar-refractivity contribution in [2.75, 3.05) is 11.9 Å². The molecule has 1 aliphatic heterocycles. The van der Waals surface area contributed by atoms with E-state index >= 15 is 0 Å². The average Bonchev–Trinajstić information content (AvgIpc) is 3.04.